The summed E-state index contributed by atoms with van der Waals surface area (Å²) in [5, 5.41) is 4.34. The molecule has 3 aromatic carbocycles. The van der Waals surface area contributed by atoms with Gasteiger partial charge in [0.1, 0.15) is 6.04 Å². The largest absolute Gasteiger partial charge is 0.324 e. The first-order valence-electron chi connectivity index (χ1n) is 8.89. The third-order valence-corrected chi connectivity index (χ3v) is 6.91. The van der Waals surface area contributed by atoms with E-state index in [2.05, 4.69) is 12.2 Å². The molecular weight excluding hydrogens is 360 g/mol. The molecule has 1 aliphatic rings. The van der Waals surface area contributed by atoms with Crippen molar-refractivity contribution in [1.29, 1.82) is 0 Å². The van der Waals surface area contributed by atoms with Crippen LogP contribution in [-0.4, -0.2) is 20.4 Å². The standard InChI is InChI=1S/C21H20N2O3S/c1-3-15-10-12-17(13-11-15)22-21(24)14(2)23-18-8-4-6-16-7-5-9-19(20(16)18)27(23,25)26/h4-14H,3H2,1-2H3,(H,22,24)/t14-/m0/s1. The van der Waals surface area contributed by atoms with Crippen LogP contribution in [-0.2, 0) is 21.2 Å². The van der Waals surface area contributed by atoms with Crippen molar-refractivity contribution in [2.45, 2.75) is 31.2 Å². The zero-order valence-corrected chi connectivity index (χ0v) is 16.0. The van der Waals surface area contributed by atoms with Gasteiger partial charge in [0.2, 0.25) is 5.91 Å². The highest BCUT2D eigenvalue weighted by Crippen LogP contribution is 2.43. The second kappa shape index (κ2) is 6.39. The molecule has 1 heterocycles. The van der Waals surface area contributed by atoms with Gasteiger partial charge in [0, 0.05) is 11.1 Å². The average molecular weight is 380 g/mol. The lowest BCUT2D eigenvalue weighted by molar-refractivity contribution is -0.116. The van der Waals surface area contributed by atoms with E-state index in [1.165, 1.54) is 9.87 Å². The van der Waals surface area contributed by atoms with Crippen LogP contribution in [0.5, 0.6) is 0 Å². The van der Waals surface area contributed by atoms with Crippen LogP contribution in [0.2, 0.25) is 0 Å². The van der Waals surface area contributed by atoms with Gasteiger partial charge in [-0.3, -0.25) is 9.10 Å². The lowest BCUT2D eigenvalue weighted by atomic mass is 10.1. The molecule has 1 amide bonds. The molecule has 0 bridgehead atoms. The Labute approximate surface area is 158 Å². The number of nitrogens with one attached hydrogen (secondary N) is 1. The van der Waals surface area contributed by atoms with Crippen LogP contribution in [0.4, 0.5) is 11.4 Å². The van der Waals surface area contributed by atoms with Gasteiger partial charge in [-0.15, -0.1) is 0 Å². The van der Waals surface area contributed by atoms with E-state index in [-0.39, 0.29) is 10.8 Å². The summed E-state index contributed by atoms with van der Waals surface area (Å²) >= 11 is 0. The molecule has 6 heteroatoms. The number of benzene rings is 3. The molecule has 27 heavy (non-hydrogen) atoms. The van der Waals surface area contributed by atoms with E-state index in [1.54, 1.807) is 25.1 Å². The van der Waals surface area contributed by atoms with Crippen LogP contribution < -0.4 is 9.62 Å². The normalized spacial score (nSPS) is 15.7. The van der Waals surface area contributed by atoms with Gasteiger partial charge in [-0.1, -0.05) is 43.3 Å². The highest BCUT2D eigenvalue weighted by Gasteiger charge is 2.40. The first kappa shape index (κ1) is 17.5. The highest BCUT2D eigenvalue weighted by atomic mass is 32.2. The van der Waals surface area contributed by atoms with E-state index >= 15 is 0 Å². The predicted octanol–water partition coefficient (Wildman–Crippen LogP) is 3.94. The molecule has 0 saturated heterocycles. The molecule has 0 aliphatic carbocycles. The van der Waals surface area contributed by atoms with Crippen molar-refractivity contribution in [2.24, 2.45) is 0 Å². The van der Waals surface area contributed by atoms with Crippen molar-refractivity contribution in [3.8, 4) is 0 Å². The third kappa shape index (κ3) is 2.77. The van der Waals surface area contributed by atoms with Crippen LogP contribution in [0.1, 0.15) is 19.4 Å². The van der Waals surface area contributed by atoms with Gasteiger partial charge in [-0.05, 0) is 48.6 Å². The highest BCUT2D eigenvalue weighted by molar-refractivity contribution is 7.93. The molecule has 1 atom stereocenters. The van der Waals surface area contributed by atoms with E-state index in [4.69, 9.17) is 0 Å². The van der Waals surface area contributed by atoms with Crippen LogP contribution in [0, 0.1) is 0 Å². The summed E-state index contributed by atoms with van der Waals surface area (Å²) in [7, 11) is -3.77. The monoisotopic (exact) mass is 380 g/mol. The fourth-order valence-electron chi connectivity index (χ4n) is 3.52. The summed E-state index contributed by atoms with van der Waals surface area (Å²) in [4.78, 5) is 13.0. The van der Waals surface area contributed by atoms with Crippen molar-refractivity contribution in [1.82, 2.24) is 0 Å². The molecule has 0 aromatic heterocycles. The average Bonchev–Trinajstić information content (AvgIpc) is 2.90. The molecule has 4 rings (SSSR count). The number of aryl methyl sites for hydroxylation is 1. The van der Waals surface area contributed by atoms with Crippen molar-refractivity contribution in [3.63, 3.8) is 0 Å². The Balaban J connectivity index is 1.68. The van der Waals surface area contributed by atoms with Gasteiger partial charge in [-0.25, -0.2) is 8.42 Å². The van der Waals surface area contributed by atoms with Gasteiger partial charge in [-0.2, -0.15) is 0 Å². The minimum Gasteiger partial charge on any atom is -0.324 e. The number of nitrogens with zero attached hydrogens (tertiary/aromatic N) is 1. The Bertz CT molecular complexity index is 1130. The van der Waals surface area contributed by atoms with Crippen molar-refractivity contribution < 1.29 is 13.2 Å². The minimum atomic E-state index is -3.77. The van der Waals surface area contributed by atoms with Crippen LogP contribution in [0.15, 0.2) is 65.6 Å². The smallest absolute Gasteiger partial charge is 0.265 e. The summed E-state index contributed by atoms with van der Waals surface area (Å²) in [6, 6.07) is 17.3. The summed E-state index contributed by atoms with van der Waals surface area (Å²) in [6.07, 6.45) is 0.916. The summed E-state index contributed by atoms with van der Waals surface area (Å²) in [5.41, 5.74) is 2.37. The number of hydrogen-bond acceptors (Lipinski definition) is 3. The number of rotatable bonds is 4. The lowest BCUT2D eigenvalue weighted by Gasteiger charge is -2.25. The maximum absolute atomic E-state index is 13.1. The maximum atomic E-state index is 13.1. The summed E-state index contributed by atoms with van der Waals surface area (Å²) in [6.45, 7) is 3.67. The zero-order chi connectivity index (χ0) is 19.2. The Morgan fingerprint density at radius 2 is 1.70 bits per heavy atom. The van der Waals surface area contributed by atoms with Crippen molar-refractivity contribution >= 4 is 38.1 Å². The minimum absolute atomic E-state index is 0.252. The van der Waals surface area contributed by atoms with Crippen LogP contribution >= 0.6 is 0 Å². The molecule has 1 N–H and O–H groups in total. The third-order valence-electron chi connectivity index (χ3n) is 4.98. The number of sulfonamides is 1. The molecule has 0 unspecified atom stereocenters. The van der Waals surface area contributed by atoms with Gasteiger partial charge in [0.15, 0.2) is 0 Å². The molecule has 0 saturated carbocycles. The Morgan fingerprint density at radius 3 is 2.37 bits per heavy atom. The SMILES string of the molecule is CCc1ccc(NC(=O)[C@H](C)N2c3cccc4cccc(c34)S2(=O)=O)cc1. The summed E-state index contributed by atoms with van der Waals surface area (Å²) < 4.78 is 27.4. The van der Waals surface area contributed by atoms with E-state index in [9.17, 15) is 13.2 Å². The van der Waals surface area contributed by atoms with Gasteiger partial charge in [0.05, 0.1) is 10.6 Å². The fourth-order valence-corrected chi connectivity index (χ4v) is 5.38. The number of carbonyl (C=O) groups excluding carboxylic acids is 1. The number of hydrogen-bond donors (Lipinski definition) is 1. The molecular formula is C21H20N2O3S. The van der Waals surface area contributed by atoms with E-state index in [0.717, 1.165) is 11.8 Å². The van der Waals surface area contributed by atoms with Crippen molar-refractivity contribution in [3.05, 3.63) is 66.2 Å². The maximum Gasteiger partial charge on any atom is 0.265 e. The quantitative estimate of drug-likeness (QED) is 0.746. The van der Waals surface area contributed by atoms with E-state index < -0.39 is 16.1 Å². The number of amides is 1. The number of anilines is 2. The first-order chi connectivity index (χ1) is 12.9. The molecule has 3 aromatic rings. The van der Waals surface area contributed by atoms with Gasteiger partial charge >= 0.3 is 0 Å². The van der Waals surface area contributed by atoms with Crippen LogP contribution in [0.3, 0.4) is 0 Å². The second-order valence-electron chi connectivity index (χ2n) is 6.65. The lowest BCUT2D eigenvalue weighted by Crippen LogP contribution is -2.43. The molecule has 0 spiro atoms. The second-order valence-corrected chi connectivity index (χ2v) is 8.43. The molecule has 0 radical (unpaired) electrons. The number of carbonyl (C=O) groups is 1. The van der Waals surface area contributed by atoms with Gasteiger partial charge in [0.25, 0.3) is 10.0 Å². The summed E-state index contributed by atoms with van der Waals surface area (Å²) in [5.74, 6) is -0.368. The Hall–Kier alpha value is -2.86. The molecule has 1 aliphatic heterocycles. The molecule has 138 valence electrons. The van der Waals surface area contributed by atoms with E-state index in [0.29, 0.717) is 16.8 Å². The van der Waals surface area contributed by atoms with Crippen molar-refractivity contribution in [2.75, 3.05) is 9.62 Å². The Morgan fingerprint density at radius 1 is 1.04 bits per heavy atom. The molecule has 5 nitrogen and oxygen atoms in total. The Kier molecular flexibility index (Phi) is 4.15. The zero-order valence-electron chi connectivity index (χ0n) is 15.1. The van der Waals surface area contributed by atoms with E-state index in [1.807, 2.05) is 42.5 Å². The fraction of sp³-hybridized carbons (Fsp3) is 0.190. The molecule has 0 fully saturated rings. The van der Waals surface area contributed by atoms with Crippen LogP contribution in [0.25, 0.3) is 10.8 Å². The topological polar surface area (TPSA) is 66.5 Å². The predicted molar refractivity (Wildman–Crippen MR) is 108 cm³/mol. The first-order valence-corrected chi connectivity index (χ1v) is 10.3. The van der Waals surface area contributed by atoms with Gasteiger partial charge < -0.3 is 5.32 Å².